The Balaban J connectivity index is 1.50. The lowest BCUT2D eigenvalue weighted by Gasteiger charge is -2.19. The molecule has 2 aromatic rings. The molecule has 4 rings (SSSR count). The molecule has 1 fully saturated rings. The van der Waals surface area contributed by atoms with E-state index in [9.17, 15) is 4.79 Å². The van der Waals surface area contributed by atoms with Gasteiger partial charge in [-0.15, -0.1) is 0 Å². The Kier molecular flexibility index (Phi) is 4.37. The third-order valence-corrected chi connectivity index (χ3v) is 4.42. The number of benzene rings is 1. The quantitative estimate of drug-likeness (QED) is 0.926. The number of hydrogen-bond acceptors (Lipinski definition) is 6. The van der Waals surface area contributed by atoms with Crippen LogP contribution in [0.3, 0.4) is 0 Å². The number of fused-ring (bicyclic) bond motifs is 1. The molecule has 3 heterocycles. The topological polar surface area (TPSA) is 76.6 Å². The van der Waals surface area contributed by atoms with Crippen LogP contribution in [0.25, 0.3) is 0 Å². The van der Waals surface area contributed by atoms with Crippen LogP contribution < -0.4 is 14.8 Å². The van der Waals surface area contributed by atoms with Crippen molar-refractivity contribution >= 4 is 17.4 Å². The monoisotopic (exact) mass is 340 g/mol. The van der Waals surface area contributed by atoms with Crippen molar-refractivity contribution < 1.29 is 14.3 Å². The summed E-state index contributed by atoms with van der Waals surface area (Å²) in [6.07, 6.45) is 5.90. The van der Waals surface area contributed by atoms with Crippen molar-refractivity contribution in [1.29, 1.82) is 0 Å². The van der Waals surface area contributed by atoms with Crippen LogP contribution >= 0.6 is 0 Å². The van der Waals surface area contributed by atoms with Crippen LogP contribution in [-0.4, -0.2) is 40.7 Å². The second-order valence-electron chi connectivity index (χ2n) is 6.19. The van der Waals surface area contributed by atoms with E-state index < -0.39 is 0 Å². The first-order valence-electron chi connectivity index (χ1n) is 8.57. The summed E-state index contributed by atoms with van der Waals surface area (Å²) >= 11 is 0. The number of aromatic nitrogens is 2. The molecule has 2 aliphatic rings. The maximum Gasteiger partial charge on any atom is 0.272 e. The van der Waals surface area contributed by atoms with Gasteiger partial charge in [0.05, 0.1) is 0 Å². The van der Waals surface area contributed by atoms with E-state index in [0.717, 1.165) is 37.4 Å². The molecular weight excluding hydrogens is 320 g/mol. The first kappa shape index (κ1) is 15.7. The lowest BCUT2D eigenvalue weighted by Crippen LogP contribution is -2.32. The Morgan fingerprint density at radius 3 is 2.64 bits per heavy atom. The van der Waals surface area contributed by atoms with Crippen molar-refractivity contribution in [3.63, 3.8) is 0 Å². The van der Waals surface area contributed by atoms with E-state index >= 15 is 0 Å². The second kappa shape index (κ2) is 6.96. The van der Waals surface area contributed by atoms with Gasteiger partial charge in [0.2, 0.25) is 6.79 Å². The highest BCUT2D eigenvalue weighted by Crippen LogP contribution is 2.34. The molecule has 0 spiro atoms. The molecule has 130 valence electrons. The van der Waals surface area contributed by atoms with Gasteiger partial charge in [0.1, 0.15) is 17.8 Å². The molecule has 2 aliphatic heterocycles. The molecule has 0 radical (unpaired) electrons. The van der Waals surface area contributed by atoms with Crippen molar-refractivity contribution in [3.8, 4) is 11.5 Å². The van der Waals surface area contributed by atoms with Gasteiger partial charge < -0.3 is 19.7 Å². The summed E-state index contributed by atoms with van der Waals surface area (Å²) in [6.45, 7) is 1.84. The van der Waals surface area contributed by atoms with Crippen molar-refractivity contribution in [3.05, 3.63) is 36.3 Å². The van der Waals surface area contributed by atoms with E-state index in [4.69, 9.17) is 9.47 Å². The van der Waals surface area contributed by atoms with Gasteiger partial charge in [-0.05, 0) is 25.0 Å². The van der Waals surface area contributed by atoms with E-state index in [-0.39, 0.29) is 12.7 Å². The molecule has 0 saturated carbocycles. The fourth-order valence-corrected chi connectivity index (χ4v) is 3.10. The minimum absolute atomic E-state index is 0.0296. The van der Waals surface area contributed by atoms with Crippen molar-refractivity contribution in [2.45, 2.75) is 25.7 Å². The zero-order valence-electron chi connectivity index (χ0n) is 13.9. The number of nitrogens with one attached hydrogen (secondary N) is 1. The molecular formula is C18H20N4O3. The number of anilines is 2. The van der Waals surface area contributed by atoms with Crippen LogP contribution in [0.4, 0.5) is 11.5 Å². The average Bonchev–Trinajstić information content (AvgIpc) is 2.93. The number of nitrogens with zero attached hydrogens (tertiary/aromatic N) is 3. The molecule has 25 heavy (non-hydrogen) atoms. The summed E-state index contributed by atoms with van der Waals surface area (Å²) in [4.78, 5) is 22.9. The second-order valence-corrected chi connectivity index (χ2v) is 6.19. The predicted molar refractivity (Wildman–Crippen MR) is 92.3 cm³/mol. The molecule has 0 aliphatic carbocycles. The number of amides is 1. The number of ether oxygens (including phenoxy) is 2. The third kappa shape index (κ3) is 3.50. The molecule has 1 amide bonds. The Labute approximate surface area is 146 Å². The van der Waals surface area contributed by atoms with Crippen molar-refractivity contribution in [1.82, 2.24) is 14.9 Å². The molecule has 0 bridgehead atoms. The Morgan fingerprint density at radius 2 is 1.80 bits per heavy atom. The minimum Gasteiger partial charge on any atom is -0.454 e. The average molecular weight is 340 g/mol. The smallest absolute Gasteiger partial charge is 0.272 e. The van der Waals surface area contributed by atoms with Gasteiger partial charge in [0.25, 0.3) is 5.91 Å². The first-order valence-corrected chi connectivity index (χ1v) is 8.57. The van der Waals surface area contributed by atoms with Crippen LogP contribution in [0, 0.1) is 0 Å². The summed E-state index contributed by atoms with van der Waals surface area (Å²) in [6, 6.07) is 7.26. The summed E-state index contributed by atoms with van der Waals surface area (Å²) in [5.74, 6) is 1.97. The molecule has 1 saturated heterocycles. The van der Waals surface area contributed by atoms with Crippen LogP contribution in [0.1, 0.15) is 36.2 Å². The highest BCUT2D eigenvalue weighted by atomic mass is 16.7. The summed E-state index contributed by atoms with van der Waals surface area (Å²) in [5, 5.41) is 3.19. The molecule has 1 N–H and O–H groups in total. The lowest BCUT2D eigenvalue weighted by atomic mass is 10.2. The minimum atomic E-state index is -0.0296. The van der Waals surface area contributed by atoms with Gasteiger partial charge in [-0.3, -0.25) is 4.79 Å². The highest BCUT2D eigenvalue weighted by molar-refractivity contribution is 5.93. The molecule has 1 aromatic carbocycles. The predicted octanol–water partition coefficient (Wildman–Crippen LogP) is 2.97. The van der Waals surface area contributed by atoms with Gasteiger partial charge >= 0.3 is 0 Å². The van der Waals surface area contributed by atoms with Crippen LogP contribution in [0.2, 0.25) is 0 Å². The number of carbonyl (C=O) groups excluding carboxylic acids is 1. The maximum atomic E-state index is 12.7. The fraction of sp³-hybridized carbons (Fsp3) is 0.389. The van der Waals surface area contributed by atoms with Crippen molar-refractivity contribution in [2.75, 3.05) is 25.2 Å². The van der Waals surface area contributed by atoms with E-state index in [1.165, 1.54) is 19.2 Å². The van der Waals surface area contributed by atoms with Crippen LogP contribution in [0.15, 0.2) is 30.6 Å². The van der Waals surface area contributed by atoms with E-state index in [2.05, 4.69) is 15.3 Å². The fourth-order valence-electron chi connectivity index (χ4n) is 3.10. The first-order chi connectivity index (χ1) is 12.3. The maximum absolute atomic E-state index is 12.7. The zero-order chi connectivity index (χ0) is 17.1. The van der Waals surface area contributed by atoms with Gasteiger partial charge in [-0.1, -0.05) is 12.8 Å². The summed E-state index contributed by atoms with van der Waals surface area (Å²) < 4.78 is 10.7. The highest BCUT2D eigenvalue weighted by Gasteiger charge is 2.19. The summed E-state index contributed by atoms with van der Waals surface area (Å²) in [5.41, 5.74) is 1.23. The molecule has 0 atom stereocenters. The van der Waals surface area contributed by atoms with Crippen LogP contribution in [-0.2, 0) is 0 Å². The zero-order valence-corrected chi connectivity index (χ0v) is 13.9. The lowest BCUT2D eigenvalue weighted by molar-refractivity contribution is 0.0755. The normalized spacial score (nSPS) is 16.4. The Bertz CT molecular complexity index is 773. The Morgan fingerprint density at radius 1 is 1.00 bits per heavy atom. The SMILES string of the molecule is O=C(c1cc(Nc2ccc3c(c2)OCO3)ncn1)N1CCCCCC1. The number of rotatable bonds is 3. The third-order valence-electron chi connectivity index (χ3n) is 4.42. The van der Waals surface area contributed by atoms with E-state index in [1.807, 2.05) is 23.1 Å². The van der Waals surface area contributed by atoms with Gasteiger partial charge in [0, 0.05) is 30.9 Å². The van der Waals surface area contributed by atoms with Crippen LogP contribution in [0.5, 0.6) is 11.5 Å². The molecule has 7 nitrogen and oxygen atoms in total. The molecule has 0 unspecified atom stereocenters. The van der Waals surface area contributed by atoms with Gasteiger partial charge in [-0.2, -0.15) is 0 Å². The standard InChI is InChI=1S/C18H20N4O3/c23-18(22-7-3-1-2-4-8-22)14-10-17(20-11-19-14)21-13-5-6-15-16(9-13)25-12-24-15/h5-6,9-11H,1-4,7-8,12H2,(H,19,20,21). The number of hydrogen-bond donors (Lipinski definition) is 1. The van der Waals surface area contributed by atoms with Gasteiger partial charge in [0.15, 0.2) is 11.5 Å². The summed E-state index contributed by atoms with van der Waals surface area (Å²) in [7, 11) is 0. The molecule has 7 heteroatoms. The number of likely N-dealkylation sites (tertiary alicyclic amines) is 1. The largest absolute Gasteiger partial charge is 0.454 e. The van der Waals surface area contributed by atoms with E-state index in [0.29, 0.717) is 17.3 Å². The van der Waals surface area contributed by atoms with E-state index in [1.54, 1.807) is 6.07 Å². The van der Waals surface area contributed by atoms with Gasteiger partial charge in [-0.25, -0.2) is 9.97 Å². The number of carbonyl (C=O) groups is 1. The molecule has 1 aromatic heterocycles. The van der Waals surface area contributed by atoms with Crippen molar-refractivity contribution in [2.24, 2.45) is 0 Å². The Hall–Kier alpha value is -2.83.